The molecular formula is C18H19ClN2O4S. The van der Waals surface area contributed by atoms with Crippen LogP contribution in [0.25, 0.3) is 0 Å². The van der Waals surface area contributed by atoms with Gasteiger partial charge in [0.05, 0.1) is 5.56 Å². The average molecular weight is 395 g/mol. The third kappa shape index (κ3) is 4.83. The van der Waals surface area contributed by atoms with E-state index in [4.69, 9.17) is 16.3 Å². The van der Waals surface area contributed by atoms with E-state index in [0.29, 0.717) is 21.3 Å². The molecule has 2 amide bonds. The molecule has 0 saturated carbocycles. The monoisotopic (exact) mass is 394 g/mol. The Morgan fingerprint density at radius 2 is 1.88 bits per heavy atom. The summed E-state index contributed by atoms with van der Waals surface area (Å²) in [7, 11) is 0. The summed E-state index contributed by atoms with van der Waals surface area (Å²) in [5, 5.41) is 6.17. The molecule has 1 aromatic carbocycles. The second-order valence-corrected chi connectivity index (χ2v) is 7.38. The van der Waals surface area contributed by atoms with Crippen molar-refractivity contribution < 1.29 is 19.1 Å². The van der Waals surface area contributed by atoms with Gasteiger partial charge in [-0.3, -0.25) is 9.59 Å². The number of rotatable bonds is 5. The number of hydrogen-bond donors (Lipinski definition) is 2. The highest BCUT2D eigenvalue weighted by Crippen LogP contribution is 2.33. The van der Waals surface area contributed by atoms with Gasteiger partial charge in [-0.25, -0.2) is 4.79 Å². The van der Waals surface area contributed by atoms with Gasteiger partial charge in [0.15, 0.2) is 6.10 Å². The summed E-state index contributed by atoms with van der Waals surface area (Å²) in [5.41, 5.74) is 1.49. The summed E-state index contributed by atoms with van der Waals surface area (Å²) in [5.74, 6) is -1.43. The second-order valence-electron chi connectivity index (χ2n) is 5.72. The van der Waals surface area contributed by atoms with Crippen molar-refractivity contribution >= 4 is 51.4 Å². The summed E-state index contributed by atoms with van der Waals surface area (Å²) in [6.07, 6.45) is -1.02. The topological polar surface area (TPSA) is 84.5 Å². The first-order chi connectivity index (χ1) is 12.2. The molecule has 0 fully saturated rings. The highest BCUT2D eigenvalue weighted by molar-refractivity contribution is 7.16. The van der Waals surface area contributed by atoms with E-state index in [-0.39, 0.29) is 11.5 Å². The molecule has 1 atom stereocenters. The third-order valence-electron chi connectivity index (χ3n) is 3.62. The van der Waals surface area contributed by atoms with E-state index in [2.05, 4.69) is 10.6 Å². The number of hydrogen-bond acceptors (Lipinski definition) is 5. The molecule has 0 bridgehead atoms. The normalized spacial score (nSPS) is 11.6. The maximum Gasteiger partial charge on any atom is 0.342 e. The Labute approximate surface area is 160 Å². The van der Waals surface area contributed by atoms with E-state index < -0.39 is 18.0 Å². The predicted octanol–water partition coefficient (Wildman–Crippen LogP) is 4.16. The predicted molar refractivity (Wildman–Crippen MR) is 103 cm³/mol. The van der Waals surface area contributed by atoms with Crippen molar-refractivity contribution in [2.75, 3.05) is 10.6 Å². The van der Waals surface area contributed by atoms with Crippen LogP contribution in [-0.4, -0.2) is 23.9 Å². The second kappa shape index (κ2) is 8.33. The summed E-state index contributed by atoms with van der Waals surface area (Å²) in [6, 6.07) is 6.66. The lowest BCUT2D eigenvalue weighted by molar-refractivity contribution is -0.123. The Kier molecular flexibility index (Phi) is 6.39. The number of carbonyl (C=O) groups is 3. The van der Waals surface area contributed by atoms with Crippen molar-refractivity contribution in [1.82, 2.24) is 0 Å². The Hall–Kier alpha value is -2.38. The summed E-state index contributed by atoms with van der Waals surface area (Å²) in [4.78, 5) is 37.0. The fourth-order valence-electron chi connectivity index (χ4n) is 2.20. The zero-order valence-corrected chi connectivity index (χ0v) is 16.4. The first-order valence-electron chi connectivity index (χ1n) is 7.84. The van der Waals surface area contributed by atoms with Crippen LogP contribution in [0.4, 0.5) is 10.7 Å². The first kappa shape index (κ1) is 19.9. The van der Waals surface area contributed by atoms with Gasteiger partial charge in [-0.05, 0) is 44.5 Å². The number of esters is 1. The molecule has 2 N–H and O–H groups in total. The molecule has 0 aliphatic rings. The average Bonchev–Trinajstić information content (AvgIpc) is 2.80. The standard InChI is InChI=1S/C18H19ClN2O4S/c1-9-11(3)26-17(20-12(4)22)15(9)18(24)25-10(2)16(23)21-14-7-5-6-13(19)8-14/h5-8,10H,1-4H3,(H,20,22)(H,21,23)/t10-/m1/s1. The number of anilines is 2. The maximum atomic E-state index is 12.5. The molecule has 26 heavy (non-hydrogen) atoms. The number of nitrogens with one attached hydrogen (secondary N) is 2. The SMILES string of the molecule is CC(=O)Nc1sc(C)c(C)c1C(=O)O[C@H](C)C(=O)Nc1cccc(Cl)c1. The number of amides is 2. The minimum Gasteiger partial charge on any atom is -0.449 e. The largest absolute Gasteiger partial charge is 0.449 e. The highest BCUT2D eigenvalue weighted by Gasteiger charge is 2.25. The quantitative estimate of drug-likeness (QED) is 0.745. The Morgan fingerprint density at radius 3 is 2.50 bits per heavy atom. The lowest BCUT2D eigenvalue weighted by Crippen LogP contribution is -2.30. The number of thiophene rings is 1. The molecule has 2 rings (SSSR count). The van der Waals surface area contributed by atoms with Crippen molar-refractivity contribution in [3.63, 3.8) is 0 Å². The van der Waals surface area contributed by atoms with Crippen LogP contribution in [0.5, 0.6) is 0 Å². The molecule has 1 heterocycles. The molecule has 138 valence electrons. The zero-order valence-electron chi connectivity index (χ0n) is 14.8. The van der Waals surface area contributed by atoms with Gasteiger partial charge in [-0.15, -0.1) is 11.3 Å². The molecule has 0 unspecified atom stereocenters. The fourth-order valence-corrected chi connectivity index (χ4v) is 3.49. The number of halogens is 1. The van der Waals surface area contributed by atoms with Crippen molar-refractivity contribution in [2.24, 2.45) is 0 Å². The van der Waals surface area contributed by atoms with E-state index in [1.54, 1.807) is 31.2 Å². The van der Waals surface area contributed by atoms with Gasteiger partial charge >= 0.3 is 5.97 Å². The molecule has 0 aliphatic heterocycles. The van der Waals surface area contributed by atoms with Crippen molar-refractivity contribution in [1.29, 1.82) is 0 Å². The highest BCUT2D eigenvalue weighted by atomic mass is 35.5. The van der Waals surface area contributed by atoms with Gasteiger partial charge in [-0.1, -0.05) is 17.7 Å². The van der Waals surface area contributed by atoms with E-state index in [1.807, 2.05) is 6.92 Å². The van der Waals surface area contributed by atoms with Gasteiger partial charge in [0.25, 0.3) is 5.91 Å². The van der Waals surface area contributed by atoms with Crippen molar-refractivity contribution in [2.45, 2.75) is 33.8 Å². The van der Waals surface area contributed by atoms with Crippen LogP contribution in [0.3, 0.4) is 0 Å². The molecule has 6 nitrogen and oxygen atoms in total. The van der Waals surface area contributed by atoms with Crippen molar-refractivity contribution in [3.05, 3.63) is 45.3 Å². The lowest BCUT2D eigenvalue weighted by Gasteiger charge is -2.14. The summed E-state index contributed by atoms with van der Waals surface area (Å²) < 4.78 is 5.29. The molecule has 2 aromatic rings. The molecule has 8 heteroatoms. The van der Waals surface area contributed by atoms with Crippen LogP contribution in [0.2, 0.25) is 5.02 Å². The minimum absolute atomic E-state index is 0.269. The maximum absolute atomic E-state index is 12.5. The van der Waals surface area contributed by atoms with Crippen LogP contribution in [0.15, 0.2) is 24.3 Å². The van der Waals surface area contributed by atoms with Crippen LogP contribution in [0, 0.1) is 13.8 Å². The lowest BCUT2D eigenvalue weighted by atomic mass is 10.1. The van der Waals surface area contributed by atoms with Crippen LogP contribution in [-0.2, 0) is 14.3 Å². The van der Waals surface area contributed by atoms with E-state index in [1.165, 1.54) is 25.2 Å². The van der Waals surface area contributed by atoms with Gasteiger partial charge in [0.1, 0.15) is 5.00 Å². The molecular weight excluding hydrogens is 376 g/mol. The molecule has 0 radical (unpaired) electrons. The number of benzene rings is 1. The van der Waals surface area contributed by atoms with Gasteiger partial charge in [-0.2, -0.15) is 0 Å². The smallest absolute Gasteiger partial charge is 0.342 e. The Bertz CT molecular complexity index is 863. The third-order valence-corrected chi connectivity index (χ3v) is 4.98. The van der Waals surface area contributed by atoms with Crippen molar-refractivity contribution in [3.8, 4) is 0 Å². The number of aryl methyl sites for hydroxylation is 1. The van der Waals surface area contributed by atoms with Gasteiger partial charge in [0, 0.05) is 22.5 Å². The number of carbonyl (C=O) groups excluding carboxylic acids is 3. The first-order valence-corrected chi connectivity index (χ1v) is 9.03. The minimum atomic E-state index is -1.02. The molecule has 1 aromatic heterocycles. The van der Waals surface area contributed by atoms with E-state index >= 15 is 0 Å². The van der Waals surface area contributed by atoms with Gasteiger partial charge in [0.2, 0.25) is 5.91 Å². The van der Waals surface area contributed by atoms with Crippen LogP contribution >= 0.6 is 22.9 Å². The van der Waals surface area contributed by atoms with E-state index in [9.17, 15) is 14.4 Å². The summed E-state index contributed by atoms with van der Waals surface area (Å²) in [6.45, 7) is 6.45. The molecule has 0 spiro atoms. The molecule has 0 aliphatic carbocycles. The fraction of sp³-hybridized carbons (Fsp3) is 0.278. The van der Waals surface area contributed by atoms with Crippen LogP contribution < -0.4 is 10.6 Å². The Balaban J connectivity index is 2.11. The van der Waals surface area contributed by atoms with Crippen LogP contribution in [0.1, 0.15) is 34.6 Å². The van der Waals surface area contributed by atoms with E-state index in [0.717, 1.165) is 4.88 Å². The number of ether oxygens (including phenoxy) is 1. The van der Waals surface area contributed by atoms with Gasteiger partial charge < -0.3 is 15.4 Å². The Morgan fingerprint density at radius 1 is 1.19 bits per heavy atom. The zero-order chi connectivity index (χ0) is 19.4. The summed E-state index contributed by atoms with van der Waals surface area (Å²) >= 11 is 7.17. The molecule has 0 saturated heterocycles.